The number of nitrogens with zero attached hydrogens (tertiary/aromatic N) is 2. The Labute approximate surface area is 79.4 Å². The van der Waals surface area contributed by atoms with Crippen molar-refractivity contribution in [3.63, 3.8) is 0 Å². The predicted octanol–water partition coefficient (Wildman–Crippen LogP) is -0.986. The maximum Gasteiger partial charge on any atom is 0.332 e. The molecule has 70 valence electrons. The van der Waals surface area contributed by atoms with E-state index in [-0.39, 0.29) is 11.4 Å². The van der Waals surface area contributed by atoms with Gasteiger partial charge in [0, 0.05) is 19.5 Å². The normalized spacial score (nSPS) is 10.0. The first-order valence-electron chi connectivity index (χ1n) is 3.51. The lowest BCUT2D eigenvalue weighted by Crippen LogP contribution is -2.40. The molecule has 0 unspecified atom stereocenters. The SMILES string of the molecule is Cn1c(N)c(C=S)c(=O)n(C)c1=O. The number of thiocarbonyl (C=S) groups is 1. The van der Waals surface area contributed by atoms with E-state index in [1.807, 2.05) is 0 Å². The van der Waals surface area contributed by atoms with Crippen LogP contribution in [0.1, 0.15) is 5.56 Å². The van der Waals surface area contributed by atoms with Gasteiger partial charge in [-0.2, -0.15) is 0 Å². The van der Waals surface area contributed by atoms with Gasteiger partial charge in [-0.15, -0.1) is 0 Å². The molecule has 1 heterocycles. The number of anilines is 1. The lowest BCUT2D eigenvalue weighted by molar-refractivity contribution is 0.693. The number of rotatable bonds is 1. The highest BCUT2D eigenvalue weighted by Crippen LogP contribution is 1.98. The van der Waals surface area contributed by atoms with E-state index in [1.165, 1.54) is 24.0 Å². The molecule has 0 saturated heterocycles. The Balaban J connectivity index is 3.88. The molecule has 2 N–H and O–H groups in total. The van der Waals surface area contributed by atoms with E-state index in [2.05, 4.69) is 12.2 Å². The summed E-state index contributed by atoms with van der Waals surface area (Å²) in [5.74, 6) is 0.100. The van der Waals surface area contributed by atoms with E-state index in [9.17, 15) is 9.59 Å². The van der Waals surface area contributed by atoms with E-state index in [0.29, 0.717) is 0 Å². The fourth-order valence-corrected chi connectivity index (χ4v) is 1.22. The van der Waals surface area contributed by atoms with Crippen LogP contribution in [0.3, 0.4) is 0 Å². The molecule has 1 rings (SSSR count). The van der Waals surface area contributed by atoms with Gasteiger partial charge in [0.2, 0.25) is 0 Å². The molecule has 13 heavy (non-hydrogen) atoms. The van der Waals surface area contributed by atoms with Crippen LogP contribution in [-0.4, -0.2) is 14.5 Å². The minimum absolute atomic E-state index is 0.100. The Kier molecular flexibility index (Phi) is 2.33. The summed E-state index contributed by atoms with van der Waals surface area (Å²) in [7, 11) is 2.87. The third kappa shape index (κ3) is 1.29. The summed E-state index contributed by atoms with van der Waals surface area (Å²) in [6.07, 6.45) is 0. The zero-order valence-corrected chi connectivity index (χ0v) is 8.09. The van der Waals surface area contributed by atoms with Crippen molar-refractivity contribution in [2.24, 2.45) is 14.1 Å². The fourth-order valence-electron chi connectivity index (χ4n) is 0.997. The minimum atomic E-state index is -0.462. The van der Waals surface area contributed by atoms with Crippen LogP contribution in [0, 0.1) is 0 Å². The average molecular weight is 199 g/mol. The molecular formula is C7H9N3O2S. The number of hydrogen-bond donors (Lipinski definition) is 1. The summed E-state index contributed by atoms with van der Waals surface area (Å²) in [4.78, 5) is 22.6. The van der Waals surface area contributed by atoms with Crippen molar-refractivity contribution in [3.8, 4) is 0 Å². The molecule has 0 amide bonds. The molecule has 0 spiro atoms. The highest BCUT2D eigenvalue weighted by Gasteiger charge is 2.09. The van der Waals surface area contributed by atoms with E-state index in [1.54, 1.807) is 0 Å². The Bertz CT molecular complexity index is 472. The summed E-state index contributed by atoms with van der Waals surface area (Å²) in [5.41, 5.74) is 4.78. The maximum atomic E-state index is 11.4. The Morgan fingerprint density at radius 1 is 1.31 bits per heavy atom. The first kappa shape index (κ1) is 9.66. The van der Waals surface area contributed by atoms with Gasteiger partial charge >= 0.3 is 5.69 Å². The first-order chi connectivity index (χ1) is 6.00. The van der Waals surface area contributed by atoms with Crippen LogP contribution in [-0.2, 0) is 14.1 Å². The highest BCUT2D eigenvalue weighted by atomic mass is 32.1. The van der Waals surface area contributed by atoms with Gasteiger partial charge in [-0.1, -0.05) is 12.2 Å². The summed E-state index contributed by atoms with van der Waals surface area (Å²) < 4.78 is 2.15. The molecule has 0 atom stereocenters. The lowest BCUT2D eigenvalue weighted by Gasteiger charge is -2.07. The molecule has 1 aromatic rings. The highest BCUT2D eigenvalue weighted by molar-refractivity contribution is 7.79. The van der Waals surface area contributed by atoms with Crippen LogP contribution in [0.4, 0.5) is 5.82 Å². The largest absolute Gasteiger partial charge is 0.384 e. The first-order valence-corrected chi connectivity index (χ1v) is 3.98. The molecule has 0 bridgehead atoms. The molecule has 0 aliphatic heterocycles. The lowest BCUT2D eigenvalue weighted by atomic mass is 10.3. The standard InChI is InChI=1S/C7H9N3O2S/c1-9-5(8)4(3-13)6(11)10(2)7(9)12/h3H,8H2,1-2H3. The van der Waals surface area contributed by atoms with Gasteiger partial charge in [0.1, 0.15) is 5.82 Å². The summed E-state index contributed by atoms with van der Waals surface area (Å²) in [6, 6.07) is 0. The molecule has 1 aromatic heterocycles. The van der Waals surface area contributed by atoms with Crippen LogP contribution in [0.5, 0.6) is 0 Å². The van der Waals surface area contributed by atoms with Crippen LogP contribution < -0.4 is 17.0 Å². The second-order valence-electron chi connectivity index (χ2n) is 2.62. The third-order valence-corrected chi connectivity index (χ3v) is 2.10. The second kappa shape index (κ2) is 3.14. The van der Waals surface area contributed by atoms with Crippen LogP contribution >= 0.6 is 12.2 Å². The molecule has 0 fully saturated rings. The maximum absolute atomic E-state index is 11.4. The Hall–Kier alpha value is -1.43. The van der Waals surface area contributed by atoms with Gasteiger partial charge in [-0.3, -0.25) is 13.9 Å². The number of nitrogen functional groups attached to an aromatic ring is 1. The molecule has 5 nitrogen and oxygen atoms in total. The van der Waals surface area contributed by atoms with E-state index >= 15 is 0 Å². The Morgan fingerprint density at radius 2 is 1.85 bits per heavy atom. The molecule has 0 radical (unpaired) electrons. The van der Waals surface area contributed by atoms with Gasteiger partial charge in [0.15, 0.2) is 0 Å². The number of aromatic nitrogens is 2. The van der Waals surface area contributed by atoms with Gasteiger partial charge in [0.05, 0.1) is 5.56 Å². The van der Waals surface area contributed by atoms with E-state index in [0.717, 1.165) is 4.57 Å². The van der Waals surface area contributed by atoms with Gasteiger partial charge < -0.3 is 5.73 Å². The van der Waals surface area contributed by atoms with Crippen LogP contribution in [0.25, 0.3) is 0 Å². The molecule has 0 saturated carbocycles. The van der Waals surface area contributed by atoms with Crippen molar-refractivity contribution >= 4 is 23.4 Å². The van der Waals surface area contributed by atoms with Crippen molar-refractivity contribution in [3.05, 3.63) is 26.4 Å². The van der Waals surface area contributed by atoms with Crippen molar-refractivity contribution in [1.82, 2.24) is 9.13 Å². The van der Waals surface area contributed by atoms with E-state index < -0.39 is 11.2 Å². The molecule has 0 aliphatic carbocycles. The Morgan fingerprint density at radius 3 is 2.31 bits per heavy atom. The van der Waals surface area contributed by atoms with Gasteiger partial charge in [0.25, 0.3) is 5.56 Å². The summed E-state index contributed by atoms with van der Waals surface area (Å²) in [5, 5.41) is 1.18. The zero-order chi connectivity index (χ0) is 10.2. The minimum Gasteiger partial charge on any atom is -0.384 e. The zero-order valence-electron chi connectivity index (χ0n) is 7.27. The smallest absolute Gasteiger partial charge is 0.332 e. The van der Waals surface area contributed by atoms with Crippen molar-refractivity contribution in [2.45, 2.75) is 0 Å². The number of nitrogens with two attached hydrogens (primary N) is 1. The van der Waals surface area contributed by atoms with Gasteiger partial charge in [-0.25, -0.2) is 4.79 Å². The topological polar surface area (TPSA) is 70.0 Å². The number of hydrogen-bond acceptors (Lipinski definition) is 4. The molecular weight excluding hydrogens is 190 g/mol. The fraction of sp³-hybridized carbons (Fsp3) is 0.286. The quantitative estimate of drug-likeness (QED) is 0.590. The van der Waals surface area contributed by atoms with Crippen molar-refractivity contribution < 1.29 is 0 Å². The average Bonchev–Trinajstić information content (AvgIpc) is 2.13. The van der Waals surface area contributed by atoms with Crippen molar-refractivity contribution in [1.29, 1.82) is 0 Å². The summed E-state index contributed by atoms with van der Waals surface area (Å²) in [6.45, 7) is 0. The molecule has 6 heteroatoms. The predicted molar refractivity (Wildman–Crippen MR) is 54.1 cm³/mol. The van der Waals surface area contributed by atoms with Crippen LogP contribution in [0.2, 0.25) is 0 Å². The molecule has 0 aliphatic rings. The van der Waals surface area contributed by atoms with Crippen LogP contribution in [0.15, 0.2) is 9.59 Å². The third-order valence-electron chi connectivity index (χ3n) is 1.86. The van der Waals surface area contributed by atoms with Crippen molar-refractivity contribution in [2.75, 3.05) is 5.73 Å². The summed E-state index contributed by atoms with van der Waals surface area (Å²) >= 11 is 4.62. The molecule has 0 aromatic carbocycles. The monoisotopic (exact) mass is 199 g/mol. The second-order valence-corrected chi connectivity index (χ2v) is 2.86. The van der Waals surface area contributed by atoms with E-state index in [4.69, 9.17) is 5.73 Å². The van der Waals surface area contributed by atoms with Gasteiger partial charge in [-0.05, 0) is 0 Å².